The number of unbranched alkanes of at least 4 members (excludes halogenated alkanes) is 4. The highest BCUT2D eigenvalue weighted by Crippen LogP contribution is 2.28. The molecule has 3 aromatic rings. The van der Waals surface area contributed by atoms with E-state index in [2.05, 4.69) is 6.92 Å². The van der Waals surface area contributed by atoms with Crippen LogP contribution in [-0.2, 0) is 6.42 Å². The van der Waals surface area contributed by atoms with Crippen molar-refractivity contribution < 1.29 is 14.9 Å². The Balaban J connectivity index is 1.79. The van der Waals surface area contributed by atoms with Crippen molar-refractivity contribution in [2.45, 2.75) is 57.4 Å². The summed E-state index contributed by atoms with van der Waals surface area (Å²) in [7, 11) is 0. The van der Waals surface area contributed by atoms with Gasteiger partial charge < -0.3 is 20.7 Å². The summed E-state index contributed by atoms with van der Waals surface area (Å²) in [4.78, 5) is 13.2. The Labute approximate surface area is 187 Å². The van der Waals surface area contributed by atoms with Crippen molar-refractivity contribution in [1.82, 2.24) is 0 Å². The maximum absolute atomic E-state index is 13.2. The lowest BCUT2D eigenvalue weighted by Crippen LogP contribution is -2.47. The van der Waals surface area contributed by atoms with Crippen LogP contribution < -0.4 is 15.9 Å². The van der Waals surface area contributed by atoms with Crippen molar-refractivity contribution in [3.05, 3.63) is 52.2 Å². The molecule has 0 saturated carbocycles. The van der Waals surface area contributed by atoms with Gasteiger partial charge in [0, 0.05) is 20.2 Å². The maximum atomic E-state index is 13.2. The lowest BCUT2D eigenvalue weighted by molar-refractivity contribution is 0.115. The van der Waals surface area contributed by atoms with Crippen LogP contribution in [0.5, 0.6) is 5.75 Å². The van der Waals surface area contributed by atoms with Crippen molar-refractivity contribution >= 4 is 31.5 Å². The molecule has 0 aliphatic rings. The second-order valence-electron chi connectivity index (χ2n) is 8.36. The van der Waals surface area contributed by atoms with Crippen LogP contribution in [0.25, 0.3) is 20.2 Å². The molecule has 2 aromatic carbocycles. The van der Waals surface area contributed by atoms with Crippen LogP contribution in [0.3, 0.4) is 0 Å². The number of aryl methyl sites for hydroxylation is 1. The topological polar surface area (TPSA) is 92.8 Å². The molecule has 0 aliphatic heterocycles. The molecule has 0 amide bonds. The van der Waals surface area contributed by atoms with E-state index in [1.807, 2.05) is 36.4 Å². The molecule has 5 nitrogen and oxygen atoms in total. The number of aliphatic hydroxyl groups is 2. The molecule has 1 aromatic heterocycles. The number of benzene rings is 2. The molecule has 0 spiro atoms. The van der Waals surface area contributed by atoms with Gasteiger partial charge in [-0.05, 0) is 55.2 Å². The molecule has 0 unspecified atom stereocenters. The maximum Gasteiger partial charge on any atom is 0.196 e. The van der Waals surface area contributed by atoms with Crippen LogP contribution in [0.2, 0.25) is 0 Å². The largest absolute Gasteiger partial charge is 0.494 e. The number of hydrogen-bond donors (Lipinski definition) is 3. The summed E-state index contributed by atoms with van der Waals surface area (Å²) in [6.07, 6.45) is 6.93. The summed E-state index contributed by atoms with van der Waals surface area (Å²) in [5.74, 6) is 0.738. The average molecular weight is 444 g/mol. The van der Waals surface area contributed by atoms with Crippen LogP contribution in [0.1, 0.15) is 51.0 Å². The van der Waals surface area contributed by atoms with E-state index in [1.165, 1.54) is 25.7 Å². The minimum absolute atomic E-state index is 0.00215. The molecule has 0 saturated heterocycles. The summed E-state index contributed by atoms with van der Waals surface area (Å²) in [5.41, 5.74) is 5.94. The molecule has 6 heteroatoms. The van der Waals surface area contributed by atoms with Crippen molar-refractivity contribution in [3.63, 3.8) is 0 Å². The Morgan fingerprint density at radius 2 is 1.65 bits per heavy atom. The molecule has 4 N–H and O–H groups in total. The molecule has 0 radical (unpaired) electrons. The smallest absolute Gasteiger partial charge is 0.196 e. The van der Waals surface area contributed by atoms with Crippen molar-refractivity contribution in [3.8, 4) is 5.75 Å². The number of hydrogen-bond acceptors (Lipinski definition) is 6. The molecule has 0 fully saturated rings. The van der Waals surface area contributed by atoms with E-state index in [1.54, 1.807) is 11.3 Å². The zero-order chi connectivity index (χ0) is 22.3. The lowest BCUT2D eigenvalue weighted by atomic mass is 9.93. The zero-order valence-corrected chi connectivity index (χ0v) is 19.0. The van der Waals surface area contributed by atoms with Crippen LogP contribution in [0, 0.1) is 0 Å². The van der Waals surface area contributed by atoms with Gasteiger partial charge >= 0.3 is 0 Å². The third-order valence-electron chi connectivity index (χ3n) is 5.76. The molecule has 3 rings (SSSR count). The summed E-state index contributed by atoms with van der Waals surface area (Å²) < 4.78 is 7.78. The monoisotopic (exact) mass is 443 g/mol. The predicted octanol–water partition coefficient (Wildman–Crippen LogP) is 4.38. The first kappa shape index (κ1) is 23.7. The zero-order valence-electron chi connectivity index (χ0n) is 18.2. The molecule has 0 atom stereocenters. The Morgan fingerprint density at radius 3 is 2.35 bits per heavy atom. The Morgan fingerprint density at radius 1 is 0.968 bits per heavy atom. The molecular weight excluding hydrogens is 410 g/mol. The predicted molar refractivity (Wildman–Crippen MR) is 129 cm³/mol. The second-order valence-corrected chi connectivity index (χ2v) is 9.44. The van der Waals surface area contributed by atoms with Gasteiger partial charge in [-0.25, -0.2) is 0 Å². The first-order valence-corrected chi connectivity index (χ1v) is 11.9. The number of ether oxygens (including phenoxy) is 1. The third kappa shape index (κ3) is 6.04. The summed E-state index contributed by atoms with van der Waals surface area (Å²) in [6, 6.07) is 11.6. The first-order valence-electron chi connectivity index (χ1n) is 11.1. The Bertz CT molecular complexity index is 1060. The molecule has 1 heterocycles. The number of fused-ring (bicyclic) bond motifs is 2. The van der Waals surface area contributed by atoms with Gasteiger partial charge in [-0.1, -0.05) is 38.7 Å². The van der Waals surface area contributed by atoms with Crippen molar-refractivity contribution in [1.29, 1.82) is 0 Å². The molecule has 31 heavy (non-hydrogen) atoms. The Hall–Kier alpha value is -1.99. The first-order chi connectivity index (χ1) is 15.0. The van der Waals surface area contributed by atoms with Gasteiger partial charge in [0.1, 0.15) is 5.75 Å². The Kier molecular flexibility index (Phi) is 8.43. The van der Waals surface area contributed by atoms with Gasteiger partial charge in [0.25, 0.3) is 0 Å². The summed E-state index contributed by atoms with van der Waals surface area (Å²) in [5, 5.41) is 20.1. The molecule has 168 valence electrons. The van der Waals surface area contributed by atoms with E-state index in [9.17, 15) is 15.0 Å². The lowest BCUT2D eigenvalue weighted by Gasteiger charge is -2.24. The highest BCUT2D eigenvalue weighted by Gasteiger charge is 2.22. The van der Waals surface area contributed by atoms with E-state index in [0.717, 1.165) is 27.1 Å². The van der Waals surface area contributed by atoms with Crippen LogP contribution >= 0.6 is 11.3 Å². The van der Waals surface area contributed by atoms with Crippen molar-refractivity contribution in [2.24, 2.45) is 5.73 Å². The van der Waals surface area contributed by atoms with Crippen LogP contribution in [0.4, 0.5) is 0 Å². The minimum atomic E-state index is -1.01. The van der Waals surface area contributed by atoms with Gasteiger partial charge in [0.15, 0.2) is 5.43 Å². The van der Waals surface area contributed by atoms with Gasteiger partial charge in [-0.2, -0.15) is 0 Å². The van der Waals surface area contributed by atoms with Crippen LogP contribution in [0.15, 0.2) is 41.2 Å². The van der Waals surface area contributed by atoms with Crippen LogP contribution in [-0.4, -0.2) is 35.6 Å². The molecule has 0 aliphatic carbocycles. The highest BCUT2D eigenvalue weighted by atomic mass is 32.1. The molecule has 0 bridgehead atoms. The van der Waals surface area contributed by atoms with Gasteiger partial charge in [-0.15, -0.1) is 11.3 Å². The van der Waals surface area contributed by atoms with E-state index < -0.39 is 5.54 Å². The number of aliphatic hydroxyl groups excluding tert-OH is 2. The van der Waals surface area contributed by atoms with E-state index in [4.69, 9.17) is 10.5 Å². The normalized spacial score (nSPS) is 12.0. The standard InChI is InChI=1S/C25H33NO4S/c1-2-3-4-5-6-13-30-19-8-10-23-21(15-19)24(29)20-14-18(7-9-22(20)31-23)11-12-25(26,16-27)17-28/h7-10,14-15,27-28H,2-6,11-13,16-17,26H2,1H3. The quantitative estimate of drug-likeness (QED) is 0.285. The summed E-state index contributed by atoms with van der Waals surface area (Å²) >= 11 is 1.59. The minimum Gasteiger partial charge on any atom is -0.494 e. The van der Waals surface area contributed by atoms with E-state index in [-0.39, 0.29) is 18.6 Å². The number of rotatable bonds is 12. The fourth-order valence-corrected chi connectivity index (χ4v) is 4.66. The second kappa shape index (κ2) is 11.0. The fourth-order valence-electron chi connectivity index (χ4n) is 3.62. The third-order valence-corrected chi connectivity index (χ3v) is 6.91. The van der Waals surface area contributed by atoms with Gasteiger partial charge in [0.2, 0.25) is 0 Å². The molecular formula is C25H33NO4S. The van der Waals surface area contributed by atoms with Gasteiger partial charge in [-0.3, -0.25) is 4.79 Å². The van der Waals surface area contributed by atoms with E-state index >= 15 is 0 Å². The van der Waals surface area contributed by atoms with Crippen molar-refractivity contribution in [2.75, 3.05) is 19.8 Å². The van der Waals surface area contributed by atoms with E-state index in [0.29, 0.717) is 30.2 Å². The fraction of sp³-hybridized carbons (Fsp3) is 0.480. The summed E-state index contributed by atoms with van der Waals surface area (Å²) in [6.45, 7) is 2.31. The SMILES string of the molecule is CCCCCCCOc1ccc2sc3ccc(CCC(N)(CO)CO)cc3c(=O)c2c1. The average Bonchev–Trinajstić information content (AvgIpc) is 2.80. The highest BCUT2D eigenvalue weighted by molar-refractivity contribution is 7.24. The van der Waals surface area contributed by atoms with Gasteiger partial charge in [0.05, 0.1) is 25.4 Å². The number of nitrogens with two attached hydrogens (primary N) is 1.